The first-order valence-corrected chi connectivity index (χ1v) is 11.4. The van der Waals surface area contributed by atoms with Crippen molar-refractivity contribution in [3.8, 4) is 11.1 Å². The molecule has 4 aromatic rings. The minimum absolute atomic E-state index is 0.0331. The predicted molar refractivity (Wildman–Crippen MR) is 127 cm³/mol. The molecule has 7 heteroatoms. The van der Waals surface area contributed by atoms with E-state index >= 15 is 0 Å². The molecule has 1 amide bonds. The molecule has 3 aromatic heterocycles. The summed E-state index contributed by atoms with van der Waals surface area (Å²) in [6.07, 6.45) is 11.2. The molecule has 33 heavy (non-hydrogen) atoms. The van der Waals surface area contributed by atoms with Gasteiger partial charge in [-0.05, 0) is 73.2 Å². The molecule has 164 valence electrons. The molecular weight excluding hydrogens is 412 g/mol. The summed E-state index contributed by atoms with van der Waals surface area (Å²) in [6.45, 7) is 0.491. The van der Waals surface area contributed by atoms with E-state index in [1.807, 2.05) is 23.2 Å². The molecule has 7 nitrogen and oxygen atoms in total. The Hall–Kier alpha value is -3.87. The number of aromatic nitrogens is 4. The van der Waals surface area contributed by atoms with Gasteiger partial charge in [-0.1, -0.05) is 6.07 Å². The van der Waals surface area contributed by atoms with Crippen LogP contribution in [0.25, 0.3) is 22.0 Å². The van der Waals surface area contributed by atoms with Crippen molar-refractivity contribution in [2.45, 2.75) is 44.3 Å². The molecule has 1 N–H and O–H groups in total. The van der Waals surface area contributed by atoms with E-state index in [-0.39, 0.29) is 11.9 Å². The topological polar surface area (TPSA) is 83.9 Å². The van der Waals surface area contributed by atoms with Crippen LogP contribution in [0, 0.1) is 0 Å². The lowest BCUT2D eigenvalue weighted by Gasteiger charge is -2.22. The fourth-order valence-electron chi connectivity index (χ4n) is 4.10. The molecule has 3 heterocycles. The van der Waals surface area contributed by atoms with Gasteiger partial charge < -0.3 is 10.2 Å². The highest BCUT2D eigenvalue weighted by Crippen LogP contribution is 2.32. The van der Waals surface area contributed by atoms with Crippen LogP contribution in [0.1, 0.15) is 41.7 Å². The number of fused-ring (bicyclic) bond motifs is 1. The van der Waals surface area contributed by atoms with Crippen LogP contribution in [0.2, 0.25) is 0 Å². The average Bonchev–Trinajstić information content (AvgIpc) is 3.78. The van der Waals surface area contributed by atoms with Crippen LogP contribution >= 0.6 is 0 Å². The maximum atomic E-state index is 13.1. The quantitative estimate of drug-likeness (QED) is 0.460. The Bertz CT molecular complexity index is 1320. The van der Waals surface area contributed by atoms with E-state index in [1.165, 1.54) is 12.8 Å². The summed E-state index contributed by atoms with van der Waals surface area (Å²) in [7, 11) is 0. The SMILES string of the molecule is O=C(c1ccncc1)N(Cc1cc(-c2ccc3ncnc(NC4CC4)c3c2)ccn1)C1CC1. The number of hydrogen-bond acceptors (Lipinski definition) is 6. The van der Waals surface area contributed by atoms with Crippen molar-refractivity contribution in [2.75, 3.05) is 5.32 Å². The maximum absolute atomic E-state index is 13.1. The Morgan fingerprint density at radius 3 is 2.52 bits per heavy atom. The fraction of sp³-hybridized carbons (Fsp3) is 0.269. The van der Waals surface area contributed by atoms with E-state index in [9.17, 15) is 4.79 Å². The summed E-state index contributed by atoms with van der Waals surface area (Å²) in [5, 5.41) is 4.53. The molecule has 2 fully saturated rings. The first-order valence-electron chi connectivity index (χ1n) is 11.4. The van der Waals surface area contributed by atoms with Crippen molar-refractivity contribution in [1.29, 1.82) is 0 Å². The third kappa shape index (κ3) is 4.26. The second-order valence-corrected chi connectivity index (χ2v) is 8.81. The van der Waals surface area contributed by atoms with Crippen LogP contribution in [-0.2, 0) is 6.54 Å². The van der Waals surface area contributed by atoms with Crippen molar-refractivity contribution in [1.82, 2.24) is 24.8 Å². The minimum Gasteiger partial charge on any atom is -0.367 e. The van der Waals surface area contributed by atoms with Gasteiger partial charge in [-0.2, -0.15) is 0 Å². The number of nitrogens with one attached hydrogen (secondary N) is 1. The van der Waals surface area contributed by atoms with Gasteiger partial charge >= 0.3 is 0 Å². The lowest BCUT2D eigenvalue weighted by molar-refractivity contribution is 0.0727. The summed E-state index contributed by atoms with van der Waals surface area (Å²) in [5.74, 6) is 0.923. The molecule has 6 rings (SSSR count). The second kappa shape index (κ2) is 8.24. The van der Waals surface area contributed by atoms with Gasteiger partial charge in [0.05, 0.1) is 17.8 Å². The van der Waals surface area contributed by atoms with Crippen LogP contribution < -0.4 is 5.32 Å². The number of amides is 1. The minimum atomic E-state index is 0.0331. The molecule has 2 aliphatic rings. The summed E-state index contributed by atoms with van der Waals surface area (Å²) < 4.78 is 0. The number of carbonyl (C=O) groups excluding carboxylic acids is 1. The van der Waals surface area contributed by atoms with Gasteiger partial charge in [0.25, 0.3) is 5.91 Å². The average molecular weight is 437 g/mol. The molecule has 0 bridgehead atoms. The molecular formula is C26H24N6O. The first-order chi connectivity index (χ1) is 16.2. The molecule has 1 aromatic carbocycles. The van der Waals surface area contributed by atoms with Crippen LogP contribution in [0.5, 0.6) is 0 Å². The second-order valence-electron chi connectivity index (χ2n) is 8.81. The highest BCUT2D eigenvalue weighted by molar-refractivity contribution is 5.94. The fourth-order valence-corrected chi connectivity index (χ4v) is 4.10. The molecule has 0 saturated heterocycles. The zero-order valence-electron chi connectivity index (χ0n) is 18.2. The van der Waals surface area contributed by atoms with E-state index in [0.717, 1.165) is 46.4 Å². The predicted octanol–water partition coefficient (Wildman–Crippen LogP) is 4.47. The summed E-state index contributed by atoms with van der Waals surface area (Å²) in [4.78, 5) is 32.5. The van der Waals surface area contributed by atoms with Gasteiger partial charge in [-0.25, -0.2) is 9.97 Å². The Kier molecular flexibility index (Phi) is 4.94. The molecule has 2 aliphatic carbocycles. The van der Waals surface area contributed by atoms with E-state index in [2.05, 4.69) is 43.5 Å². The first kappa shape index (κ1) is 19.8. The summed E-state index contributed by atoms with van der Waals surface area (Å²) in [6, 6.07) is 14.7. The van der Waals surface area contributed by atoms with Gasteiger partial charge in [0.2, 0.25) is 0 Å². The van der Waals surface area contributed by atoms with E-state index < -0.39 is 0 Å². The largest absolute Gasteiger partial charge is 0.367 e. The third-order valence-electron chi connectivity index (χ3n) is 6.21. The lowest BCUT2D eigenvalue weighted by atomic mass is 10.0. The Morgan fingerprint density at radius 1 is 0.909 bits per heavy atom. The van der Waals surface area contributed by atoms with Gasteiger partial charge in [-0.3, -0.25) is 14.8 Å². The summed E-state index contributed by atoms with van der Waals surface area (Å²) in [5.41, 5.74) is 4.61. The standard InChI is InChI=1S/C26H24N6O/c33-26(17-7-10-27-11-8-17)32(22-4-5-22)15-21-13-19(9-12-28-21)18-1-6-24-23(14-18)25(30-16-29-24)31-20-2-3-20/h1,6-14,16,20,22H,2-5,15H2,(H,29,30,31). The van der Waals surface area contributed by atoms with Crippen molar-refractivity contribution < 1.29 is 4.79 Å². The maximum Gasteiger partial charge on any atom is 0.254 e. The summed E-state index contributed by atoms with van der Waals surface area (Å²) >= 11 is 0. The zero-order valence-corrected chi connectivity index (χ0v) is 18.2. The number of hydrogen-bond donors (Lipinski definition) is 1. The molecule has 0 aliphatic heterocycles. The normalized spacial score (nSPS) is 15.4. The smallest absolute Gasteiger partial charge is 0.254 e. The van der Waals surface area contributed by atoms with Gasteiger partial charge in [0, 0.05) is 41.6 Å². The van der Waals surface area contributed by atoms with Gasteiger partial charge in [0.15, 0.2) is 0 Å². The van der Waals surface area contributed by atoms with Crippen molar-refractivity contribution in [3.63, 3.8) is 0 Å². The molecule has 0 spiro atoms. The van der Waals surface area contributed by atoms with Crippen LogP contribution in [0.3, 0.4) is 0 Å². The highest BCUT2D eigenvalue weighted by Gasteiger charge is 2.33. The molecule has 0 atom stereocenters. The van der Waals surface area contributed by atoms with Crippen molar-refractivity contribution in [3.05, 3.63) is 78.6 Å². The zero-order chi connectivity index (χ0) is 22.2. The molecule has 2 saturated carbocycles. The monoisotopic (exact) mass is 436 g/mol. The van der Waals surface area contributed by atoms with Crippen molar-refractivity contribution >= 4 is 22.6 Å². The number of benzene rings is 1. The molecule has 0 radical (unpaired) electrons. The Labute approximate surface area is 191 Å². The third-order valence-corrected chi connectivity index (χ3v) is 6.21. The lowest BCUT2D eigenvalue weighted by Crippen LogP contribution is -2.32. The Balaban J connectivity index is 1.29. The number of pyridine rings is 2. The number of nitrogens with zero attached hydrogens (tertiary/aromatic N) is 5. The van der Waals surface area contributed by atoms with Crippen molar-refractivity contribution in [2.24, 2.45) is 0 Å². The van der Waals surface area contributed by atoms with E-state index in [4.69, 9.17) is 0 Å². The highest BCUT2D eigenvalue weighted by atomic mass is 16.2. The van der Waals surface area contributed by atoms with Crippen LogP contribution in [0.4, 0.5) is 5.82 Å². The van der Waals surface area contributed by atoms with Crippen LogP contribution in [0.15, 0.2) is 67.4 Å². The number of carbonyl (C=O) groups is 1. The Morgan fingerprint density at radius 2 is 1.73 bits per heavy atom. The molecule has 0 unspecified atom stereocenters. The van der Waals surface area contributed by atoms with E-state index in [0.29, 0.717) is 18.2 Å². The van der Waals surface area contributed by atoms with E-state index in [1.54, 1.807) is 30.9 Å². The number of anilines is 1. The van der Waals surface area contributed by atoms with Gasteiger partial charge in [-0.15, -0.1) is 0 Å². The van der Waals surface area contributed by atoms with Gasteiger partial charge in [0.1, 0.15) is 12.1 Å². The number of rotatable bonds is 7. The van der Waals surface area contributed by atoms with Crippen LogP contribution in [-0.4, -0.2) is 42.8 Å².